The second-order valence-electron chi connectivity index (χ2n) is 5.77. The Morgan fingerprint density at radius 3 is 2.74 bits per heavy atom. The summed E-state index contributed by atoms with van der Waals surface area (Å²) in [6.45, 7) is 5.55. The first-order chi connectivity index (χ1) is 12.9. The number of esters is 1. The Morgan fingerprint density at radius 1 is 1.33 bits per heavy atom. The molecule has 0 unspecified atom stereocenters. The molecular formula is C18H18BrN3O5. The van der Waals surface area contributed by atoms with Gasteiger partial charge in [-0.05, 0) is 54.4 Å². The smallest absolute Gasteiger partial charge is 0.355 e. The highest BCUT2D eigenvalue weighted by Gasteiger charge is 2.22. The van der Waals surface area contributed by atoms with Gasteiger partial charge in [-0.1, -0.05) is 0 Å². The maximum absolute atomic E-state index is 12.5. The molecule has 1 amide bonds. The molecule has 2 N–H and O–H groups in total. The summed E-state index contributed by atoms with van der Waals surface area (Å²) >= 11 is 3.42. The van der Waals surface area contributed by atoms with Crippen LogP contribution >= 0.6 is 15.9 Å². The number of halogens is 1. The molecule has 0 bridgehead atoms. The number of rotatable bonds is 5. The minimum Gasteiger partial charge on any atom is -0.461 e. The summed E-state index contributed by atoms with van der Waals surface area (Å²) < 4.78 is 16.4. The maximum atomic E-state index is 12.5. The van der Waals surface area contributed by atoms with Crippen LogP contribution in [0.2, 0.25) is 0 Å². The van der Waals surface area contributed by atoms with Crippen LogP contribution in [0.3, 0.4) is 0 Å². The highest BCUT2D eigenvalue weighted by atomic mass is 79.9. The lowest BCUT2D eigenvalue weighted by atomic mass is 10.1. The van der Waals surface area contributed by atoms with Gasteiger partial charge in [-0.3, -0.25) is 4.79 Å². The first-order valence-electron chi connectivity index (χ1n) is 8.21. The SMILES string of the molecule is CCOC(=O)c1[nH]c(C)c(C(=O)NN=Cc2cc3c(cc2Br)OCO3)c1C. The summed E-state index contributed by atoms with van der Waals surface area (Å²) in [6.07, 6.45) is 1.49. The van der Waals surface area contributed by atoms with Gasteiger partial charge in [0.1, 0.15) is 5.69 Å². The summed E-state index contributed by atoms with van der Waals surface area (Å²) in [5, 5.41) is 4.00. The topological polar surface area (TPSA) is 102 Å². The zero-order chi connectivity index (χ0) is 19.6. The number of aromatic amines is 1. The predicted molar refractivity (Wildman–Crippen MR) is 102 cm³/mol. The fourth-order valence-electron chi connectivity index (χ4n) is 2.75. The standard InChI is InChI=1S/C18H18BrN3O5/c1-4-25-18(24)16-9(2)15(10(3)21-16)17(23)22-20-7-11-5-13-14(6-12(11)19)27-8-26-13/h5-7,21H,4,8H2,1-3H3,(H,22,23). The summed E-state index contributed by atoms with van der Waals surface area (Å²) in [5.41, 5.74) is 4.90. The molecule has 1 aliphatic rings. The Morgan fingerprint density at radius 2 is 2.04 bits per heavy atom. The van der Waals surface area contributed by atoms with Gasteiger partial charge in [-0.25, -0.2) is 10.2 Å². The molecule has 142 valence electrons. The highest BCUT2D eigenvalue weighted by molar-refractivity contribution is 9.10. The molecule has 0 aliphatic carbocycles. The second-order valence-corrected chi connectivity index (χ2v) is 6.63. The second kappa shape index (κ2) is 7.83. The van der Waals surface area contributed by atoms with Gasteiger partial charge in [0, 0.05) is 15.7 Å². The lowest BCUT2D eigenvalue weighted by Gasteiger charge is -2.03. The first kappa shape index (κ1) is 19.0. The number of hydrogen-bond donors (Lipinski definition) is 2. The third-order valence-corrected chi connectivity index (χ3v) is 4.69. The van der Waals surface area contributed by atoms with Gasteiger partial charge in [0.05, 0.1) is 18.4 Å². The van der Waals surface area contributed by atoms with Crippen LogP contribution in [0.15, 0.2) is 21.7 Å². The summed E-state index contributed by atoms with van der Waals surface area (Å²) in [4.78, 5) is 27.3. The highest BCUT2D eigenvalue weighted by Crippen LogP contribution is 2.36. The van der Waals surface area contributed by atoms with Crippen molar-refractivity contribution >= 4 is 34.0 Å². The number of H-pyrrole nitrogens is 1. The van der Waals surface area contributed by atoms with Crippen LogP contribution in [0.4, 0.5) is 0 Å². The third kappa shape index (κ3) is 3.82. The molecule has 0 saturated heterocycles. The van der Waals surface area contributed by atoms with E-state index in [0.717, 1.165) is 4.47 Å². The number of amides is 1. The number of nitrogens with zero attached hydrogens (tertiary/aromatic N) is 1. The minimum atomic E-state index is -0.495. The molecule has 1 aromatic heterocycles. The van der Waals surface area contributed by atoms with E-state index < -0.39 is 11.9 Å². The van der Waals surface area contributed by atoms with Crippen molar-refractivity contribution in [3.8, 4) is 11.5 Å². The van der Waals surface area contributed by atoms with E-state index in [1.54, 1.807) is 32.9 Å². The fraction of sp³-hybridized carbons (Fsp3) is 0.278. The monoisotopic (exact) mass is 435 g/mol. The van der Waals surface area contributed by atoms with Crippen LogP contribution in [0.25, 0.3) is 0 Å². The zero-order valence-corrected chi connectivity index (χ0v) is 16.6. The van der Waals surface area contributed by atoms with Gasteiger partial charge < -0.3 is 19.2 Å². The van der Waals surface area contributed by atoms with E-state index in [1.165, 1.54) is 6.21 Å². The van der Waals surface area contributed by atoms with Gasteiger partial charge in [-0.15, -0.1) is 0 Å². The van der Waals surface area contributed by atoms with E-state index in [2.05, 4.69) is 31.4 Å². The molecule has 0 atom stereocenters. The molecule has 27 heavy (non-hydrogen) atoms. The number of hydrogen-bond acceptors (Lipinski definition) is 6. The minimum absolute atomic E-state index is 0.175. The lowest BCUT2D eigenvalue weighted by molar-refractivity contribution is 0.0519. The zero-order valence-electron chi connectivity index (χ0n) is 15.0. The fourth-order valence-corrected chi connectivity index (χ4v) is 3.17. The number of carbonyl (C=O) groups is 2. The van der Waals surface area contributed by atoms with Crippen molar-refractivity contribution in [2.24, 2.45) is 5.10 Å². The number of aromatic nitrogens is 1. The van der Waals surface area contributed by atoms with Gasteiger partial charge in [0.2, 0.25) is 6.79 Å². The molecule has 3 rings (SSSR count). The van der Waals surface area contributed by atoms with Crippen LogP contribution < -0.4 is 14.9 Å². The van der Waals surface area contributed by atoms with Crippen molar-refractivity contribution in [2.45, 2.75) is 20.8 Å². The summed E-state index contributed by atoms with van der Waals surface area (Å²) in [5.74, 6) is 0.338. The van der Waals surface area contributed by atoms with Gasteiger partial charge in [-0.2, -0.15) is 5.10 Å². The molecule has 1 aliphatic heterocycles. The van der Waals surface area contributed by atoms with Crippen molar-refractivity contribution in [3.05, 3.63) is 44.7 Å². The van der Waals surface area contributed by atoms with Crippen LogP contribution in [-0.2, 0) is 4.74 Å². The number of nitrogens with one attached hydrogen (secondary N) is 2. The van der Waals surface area contributed by atoms with Crippen LogP contribution in [0.1, 0.15) is 44.6 Å². The van der Waals surface area contributed by atoms with Crippen molar-refractivity contribution in [1.82, 2.24) is 10.4 Å². The normalized spacial score (nSPS) is 12.4. The van der Waals surface area contributed by atoms with E-state index in [1.807, 2.05) is 0 Å². The lowest BCUT2D eigenvalue weighted by Crippen LogP contribution is -2.19. The van der Waals surface area contributed by atoms with E-state index in [4.69, 9.17) is 14.2 Å². The van der Waals surface area contributed by atoms with Crippen molar-refractivity contribution in [3.63, 3.8) is 0 Å². The Bertz CT molecular complexity index is 936. The number of carbonyl (C=O) groups excluding carboxylic acids is 2. The summed E-state index contributed by atoms with van der Waals surface area (Å²) in [7, 11) is 0. The number of fused-ring (bicyclic) bond motifs is 1. The average Bonchev–Trinajstić information content (AvgIpc) is 3.18. The third-order valence-electron chi connectivity index (χ3n) is 4.01. The maximum Gasteiger partial charge on any atom is 0.355 e. The molecular weight excluding hydrogens is 418 g/mol. The van der Waals surface area contributed by atoms with Crippen LogP contribution in [0, 0.1) is 13.8 Å². The number of aryl methyl sites for hydroxylation is 1. The Balaban J connectivity index is 1.75. The van der Waals surface area contributed by atoms with Crippen LogP contribution in [-0.4, -0.2) is 36.5 Å². The van der Waals surface area contributed by atoms with E-state index in [0.29, 0.717) is 33.9 Å². The molecule has 0 radical (unpaired) electrons. The molecule has 1 aromatic carbocycles. The molecule has 0 fully saturated rings. The van der Waals surface area contributed by atoms with Gasteiger partial charge in [0.25, 0.3) is 5.91 Å². The van der Waals surface area contributed by atoms with Crippen LogP contribution in [0.5, 0.6) is 11.5 Å². The number of benzene rings is 1. The van der Waals surface area contributed by atoms with E-state index in [9.17, 15) is 9.59 Å². The first-order valence-corrected chi connectivity index (χ1v) is 9.00. The quantitative estimate of drug-likeness (QED) is 0.426. The molecule has 8 nitrogen and oxygen atoms in total. The molecule has 9 heteroatoms. The molecule has 0 saturated carbocycles. The average molecular weight is 436 g/mol. The van der Waals surface area contributed by atoms with E-state index >= 15 is 0 Å². The summed E-state index contributed by atoms with van der Waals surface area (Å²) in [6, 6.07) is 3.53. The van der Waals surface area contributed by atoms with Gasteiger partial charge >= 0.3 is 5.97 Å². The van der Waals surface area contributed by atoms with Crippen molar-refractivity contribution in [2.75, 3.05) is 13.4 Å². The predicted octanol–water partition coefficient (Wildman–Crippen LogP) is 3.06. The number of ether oxygens (including phenoxy) is 3. The Labute approximate surface area is 164 Å². The number of hydrazone groups is 1. The molecule has 2 aromatic rings. The van der Waals surface area contributed by atoms with Gasteiger partial charge in [0.15, 0.2) is 11.5 Å². The molecule has 0 spiro atoms. The van der Waals surface area contributed by atoms with Crippen molar-refractivity contribution < 1.29 is 23.8 Å². The molecule has 2 heterocycles. The largest absolute Gasteiger partial charge is 0.461 e. The van der Waals surface area contributed by atoms with Crippen molar-refractivity contribution in [1.29, 1.82) is 0 Å². The van der Waals surface area contributed by atoms with E-state index in [-0.39, 0.29) is 19.1 Å². The Kier molecular flexibility index (Phi) is 5.50. The Hall–Kier alpha value is -2.81.